The number of methoxy groups -OCH3 is 1. The Morgan fingerprint density at radius 3 is 2.44 bits per heavy atom. The Kier molecular flexibility index (Phi) is 6.74. The first-order valence-corrected chi connectivity index (χ1v) is 12.2. The molecule has 2 aliphatic heterocycles. The van der Waals surface area contributed by atoms with Gasteiger partial charge in [-0.1, -0.05) is 17.7 Å². The zero-order valence-electron chi connectivity index (χ0n) is 19.4. The average molecular weight is 480 g/mol. The maximum atomic E-state index is 13.7. The van der Waals surface area contributed by atoms with Gasteiger partial charge in [0.15, 0.2) is 0 Å². The average Bonchev–Trinajstić information content (AvgIpc) is 3.34. The van der Waals surface area contributed by atoms with E-state index in [0.717, 1.165) is 72.4 Å². The number of piperidine rings is 1. The third-order valence-corrected chi connectivity index (χ3v) is 7.06. The van der Waals surface area contributed by atoms with Crippen LogP contribution in [0.4, 0.5) is 5.69 Å². The Labute approximate surface area is 205 Å². The summed E-state index contributed by atoms with van der Waals surface area (Å²) in [5, 5.41) is 8.85. The zero-order valence-corrected chi connectivity index (χ0v) is 20.2. The molecule has 0 radical (unpaired) electrons. The second kappa shape index (κ2) is 10.1. The number of hydrogen-bond acceptors (Lipinski definition) is 5. The molecule has 8 heteroatoms. The number of hydrogen-bond donors (Lipinski definition) is 1. The summed E-state index contributed by atoms with van der Waals surface area (Å²) in [6, 6.07) is 15.7. The van der Waals surface area contributed by atoms with Crippen molar-refractivity contribution < 1.29 is 9.53 Å². The number of amides is 1. The van der Waals surface area contributed by atoms with Crippen LogP contribution in [0.3, 0.4) is 0 Å². The summed E-state index contributed by atoms with van der Waals surface area (Å²) in [5.74, 6) is 1.16. The molecule has 3 heterocycles. The fraction of sp³-hybridized carbons (Fsp3) is 0.385. The Hall–Kier alpha value is -3.03. The predicted molar refractivity (Wildman–Crippen MR) is 135 cm³/mol. The smallest absolute Gasteiger partial charge is 0.257 e. The highest BCUT2D eigenvalue weighted by Crippen LogP contribution is 2.32. The summed E-state index contributed by atoms with van der Waals surface area (Å²) in [6.45, 7) is 4.80. The van der Waals surface area contributed by atoms with Crippen LogP contribution in [0.5, 0.6) is 5.75 Å². The van der Waals surface area contributed by atoms with Gasteiger partial charge in [0.05, 0.1) is 30.3 Å². The number of carbonyl (C=O) groups is 1. The predicted octanol–water partition coefficient (Wildman–Crippen LogP) is 3.96. The van der Waals surface area contributed by atoms with E-state index < -0.39 is 0 Å². The fourth-order valence-electron chi connectivity index (χ4n) is 4.95. The summed E-state index contributed by atoms with van der Waals surface area (Å²) in [6.07, 6.45) is 3.74. The van der Waals surface area contributed by atoms with E-state index in [-0.39, 0.29) is 11.8 Å². The molecule has 1 amide bonds. The van der Waals surface area contributed by atoms with E-state index in [1.807, 2.05) is 52.0 Å². The van der Waals surface area contributed by atoms with Crippen molar-refractivity contribution in [2.45, 2.75) is 18.8 Å². The number of nitrogens with zero attached hydrogens (tertiary/aromatic N) is 4. The summed E-state index contributed by atoms with van der Waals surface area (Å²) in [7, 11) is 1.66. The summed E-state index contributed by atoms with van der Waals surface area (Å²) >= 11 is 6.17. The largest absolute Gasteiger partial charge is 0.497 e. The molecule has 0 aliphatic carbocycles. The summed E-state index contributed by atoms with van der Waals surface area (Å²) < 4.78 is 7.26. The van der Waals surface area contributed by atoms with Crippen molar-refractivity contribution in [2.24, 2.45) is 0 Å². The molecule has 7 nitrogen and oxygen atoms in total. The van der Waals surface area contributed by atoms with Crippen LogP contribution in [0, 0.1) is 0 Å². The van der Waals surface area contributed by atoms with Crippen molar-refractivity contribution in [3.63, 3.8) is 0 Å². The maximum Gasteiger partial charge on any atom is 0.257 e. The summed E-state index contributed by atoms with van der Waals surface area (Å²) in [5.41, 5.74) is 3.79. The van der Waals surface area contributed by atoms with Crippen molar-refractivity contribution >= 4 is 23.2 Å². The molecule has 2 saturated heterocycles. The zero-order chi connectivity index (χ0) is 23.5. The fourth-order valence-corrected chi connectivity index (χ4v) is 5.14. The van der Waals surface area contributed by atoms with Crippen molar-refractivity contribution in [2.75, 3.05) is 51.3 Å². The number of piperazine rings is 1. The number of ether oxygens (including phenoxy) is 1. The van der Waals surface area contributed by atoms with Gasteiger partial charge in [0.2, 0.25) is 0 Å². The lowest BCUT2D eigenvalue weighted by molar-refractivity contribution is 0.0744. The third kappa shape index (κ3) is 4.63. The molecule has 3 aromatic rings. The van der Waals surface area contributed by atoms with Crippen LogP contribution in [-0.2, 0) is 0 Å². The van der Waals surface area contributed by atoms with E-state index >= 15 is 0 Å². The first-order valence-electron chi connectivity index (χ1n) is 11.9. The topological polar surface area (TPSA) is 62.6 Å². The van der Waals surface area contributed by atoms with E-state index in [2.05, 4.69) is 21.4 Å². The van der Waals surface area contributed by atoms with E-state index in [1.54, 1.807) is 13.3 Å². The second-order valence-electron chi connectivity index (χ2n) is 8.84. The summed E-state index contributed by atoms with van der Waals surface area (Å²) in [4.78, 5) is 17.9. The van der Waals surface area contributed by atoms with Crippen LogP contribution in [0.15, 0.2) is 54.7 Å². The quantitative estimate of drug-likeness (QED) is 0.600. The van der Waals surface area contributed by atoms with E-state index in [0.29, 0.717) is 13.1 Å². The number of carbonyl (C=O) groups excluding carboxylic acids is 1. The lowest BCUT2D eigenvalue weighted by Gasteiger charge is -2.36. The molecule has 1 N–H and O–H groups in total. The first kappa shape index (κ1) is 22.7. The van der Waals surface area contributed by atoms with Gasteiger partial charge < -0.3 is 19.9 Å². The van der Waals surface area contributed by atoms with Crippen LogP contribution in [0.25, 0.3) is 5.69 Å². The van der Waals surface area contributed by atoms with Gasteiger partial charge in [0, 0.05) is 42.8 Å². The highest BCUT2D eigenvalue weighted by atomic mass is 35.5. The number of nitrogens with one attached hydrogen (secondary N) is 1. The van der Waals surface area contributed by atoms with Gasteiger partial charge in [0.25, 0.3) is 5.91 Å². The van der Waals surface area contributed by atoms with Crippen molar-refractivity contribution in [1.29, 1.82) is 0 Å². The molecular weight excluding hydrogens is 450 g/mol. The molecule has 34 heavy (non-hydrogen) atoms. The SMILES string of the molecule is COc1ccc(-n2ncc(C(=O)N3CCN(c4cccc(Cl)c4)CC3)c2C2CCNCC2)cc1. The van der Waals surface area contributed by atoms with Crippen molar-refractivity contribution in [1.82, 2.24) is 20.0 Å². The van der Waals surface area contributed by atoms with Crippen LogP contribution in [0.2, 0.25) is 5.02 Å². The monoisotopic (exact) mass is 479 g/mol. The van der Waals surface area contributed by atoms with Crippen LogP contribution in [0.1, 0.15) is 34.8 Å². The Morgan fingerprint density at radius 2 is 1.76 bits per heavy atom. The van der Waals surface area contributed by atoms with Gasteiger partial charge in [-0.05, 0) is 68.4 Å². The first-order chi connectivity index (χ1) is 16.6. The molecule has 0 unspecified atom stereocenters. The van der Waals surface area contributed by atoms with E-state index in [9.17, 15) is 4.79 Å². The van der Waals surface area contributed by atoms with Crippen molar-refractivity contribution in [3.8, 4) is 11.4 Å². The van der Waals surface area contributed by atoms with Crippen LogP contribution >= 0.6 is 11.6 Å². The van der Waals surface area contributed by atoms with Gasteiger partial charge in [-0.15, -0.1) is 0 Å². The van der Waals surface area contributed by atoms with Gasteiger partial charge >= 0.3 is 0 Å². The van der Waals surface area contributed by atoms with E-state index in [4.69, 9.17) is 16.3 Å². The Balaban J connectivity index is 1.39. The lowest BCUT2D eigenvalue weighted by Crippen LogP contribution is -2.49. The number of halogens is 1. The Morgan fingerprint density at radius 1 is 1.03 bits per heavy atom. The van der Waals surface area contributed by atoms with E-state index in [1.165, 1.54) is 0 Å². The highest BCUT2D eigenvalue weighted by molar-refractivity contribution is 6.30. The standard InChI is InChI=1S/C26H30ClN5O2/c1-34-23-7-5-21(6-8-23)32-25(19-9-11-28-12-10-19)24(18-29-32)26(33)31-15-13-30(14-16-31)22-4-2-3-20(27)17-22/h2-8,17-19,28H,9-16H2,1H3. The van der Waals surface area contributed by atoms with Gasteiger partial charge in [-0.25, -0.2) is 4.68 Å². The van der Waals surface area contributed by atoms with Crippen LogP contribution in [-0.4, -0.2) is 67.0 Å². The molecule has 5 rings (SSSR count). The highest BCUT2D eigenvalue weighted by Gasteiger charge is 2.30. The molecule has 0 spiro atoms. The molecule has 0 bridgehead atoms. The number of aromatic nitrogens is 2. The van der Waals surface area contributed by atoms with Gasteiger partial charge in [-0.2, -0.15) is 5.10 Å². The second-order valence-corrected chi connectivity index (χ2v) is 9.27. The van der Waals surface area contributed by atoms with Gasteiger partial charge in [-0.3, -0.25) is 4.79 Å². The third-order valence-electron chi connectivity index (χ3n) is 6.82. The lowest BCUT2D eigenvalue weighted by atomic mass is 9.91. The minimum Gasteiger partial charge on any atom is -0.497 e. The molecular formula is C26H30ClN5O2. The molecule has 2 aromatic carbocycles. The molecule has 178 valence electrons. The number of anilines is 1. The molecule has 2 aliphatic rings. The van der Waals surface area contributed by atoms with Crippen molar-refractivity contribution in [3.05, 3.63) is 71.0 Å². The minimum absolute atomic E-state index is 0.0686. The molecule has 1 aromatic heterocycles. The van der Waals surface area contributed by atoms with Gasteiger partial charge in [0.1, 0.15) is 5.75 Å². The molecule has 0 saturated carbocycles. The van der Waals surface area contributed by atoms with Crippen LogP contribution < -0.4 is 15.0 Å². The normalized spacial score (nSPS) is 17.1. The Bertz CT molecular complexity index is 1130. The number of benzene rings is 2. The maximum absolute atomic E-state index is 13.7. The number of rotatable bonds is 5. The molecule has 2 fully saturated rings. The minimum atomic E-state index is 0.0686. The molecule has 0 atom stereocenters.